The lowest BCUT2D eigenvalue weighted by Gasteiger charge is -2.14. The molecule has 0 aliphatic heterocycles. The van der Waals surface area contributed by atoms with Gasteiger partial charge in [-0.1, -0.05) is 65.8 Å². The second-order valence-electron chi connectivity index (χ2n) is 6.75. The minimum Gasteiger partial charge on any atom is -0.385 e. The van der Waals surface area contributed by atoms with Gasteiger partial charge in [-0.2, -0.15) is 0 Å². The number of aromatic nitrogens is 3. The van der Waals surface area contributed by atoms with Crippen LogP contribution in [0.2, 0.25) is 5.02 Å². The summed E-state index contributed by atoms with van der Waals surface area (Å²) >= 11 is 7.77. The van der Waals surface area contributed by atoms with Crippen molar-refractivity contribution < 1.29 is 9.53 Å². The number of amides is 1. The average molecular weight is 445 g/mol. The van der Waals surface area contributed by atoms with Crippen LogP contribution in [0, 0.1) is 0 Å². The maximum absolute atomic E-state index is 12.6. The molecule has 3 rings (SSSR count). The minimum absolute atomic E-state index is 0.0467. The molecule has 0 aliphatic carbocycles. The Labute approximate surface area is 186 Å². The van der Waals surface area contributed by atoms with E-state index in [1.165, 1.54) is 11.8 Å². The van der Waals surface area contributed by atoms with Crippen molar-refractivity contribution >= 4 is 29.3 Å². The number of ether oxygens (including phenoxy) is 1. The van der Waals surface area contributed by atoms with Crippen molar-refractivity contribution in [1.29, 1.82) is 0 Å². The van der Waals surface area contributed by atoms with Crippen LogP contribution in [0.1, 0.15) is 18.9 Å². The van der Waals surface area contributed by atoms with E-state index >= 15 is 0 Å². The third-order valence-corrected chi connectivity index (χ3v) is 5.93. The summed E-state index contributed by atoms with van der Waals surface area (Å²) in [5.41, 5.74) is 1.88. The zero-order valence-electron chi connectivity index (χ0n) is 17.0. The fourth-order valence-electron chi connectivity index (χ4n) is 2.93. The van der Waals surface area contributed by atoms with Crippen LogP contribution in [-0.2, 0) is 22.6 Å². The predicted octanol–water partition coefficient (Wildman–Crippen LogP) is 4.43. The van der Waals surface area contributed by atoms with Crippen molar-refractivity contribution in [3.05, 3.63) is 65.2 Å². The molecule has 30 heavy (non-hydrogen) atoms. The lowest BCUT2D eigenvalue weighted by atomic mass is 10.2. The molecular formula is C22H25ClN4O2S. The maximum atomic E-state index is 12.6. The first-order chi connectivity index (χ1) is 14.6. The highest BCUT2D eigenvalue weighted by molar-refractivity contribution is 8.00. The molecule has 158 valence electrons. The van der Waals surface area contributed by atoms with Crippen molar-refractivity contribution in [3.63, 3.8) is 0 Å². The van der Waals surface area contributed by atoms with E-state index in [-0.39, 0.29) is 11.2 Å². The zero-order chi connectivity index (χ0) is 21.3. The Balaban J connectivity index is 1.74. The summed E-state index contributed by atoms with van der Waals surface area (Å²) in [5, 5.41) is 12.7. The molecule has 6 nitrogen and oxygen atoms in total. The van der Waals surface area contributed by atoms with E-state index in [2.05, 4.69) is 15.5 Å². The van der Waals surface area contributed by atoms with Crippen LogP contribution in [0.15, 0.2) is 59.8 Å². The molecule has 2 aromatic carbocycles. The molecule has 0 saturated heterocycles. The van der Waals surface area contributed by atoms with Crippen molar-refractivity contribution in [2.24, 2.45) is 0 Å². The van der Waals surface area contributed by atoms with Crippen LogP contribution < -0.4 is 5.32 Å². The first kappa shape index (κ1) is 22.3. The van der Waals surface area contributed by atoms with Gasteiger partial charge in [0.05, 0.1) is 10.3 Å². The predicted molar refractivity (Wildman–Crippen MR) is 121 cm³/mol. The van der Waals surface area contributed by atoms with Crippen LogP contribution in [0.5, 0.6) is 0 Å². The summed E-state index contributed by atoms with van der Waals surface area (Å²) in [6.45, 7) is 3.66. The minimum atomic E-state index is -0.321. The number of hydrogen-bond donors (Lipinski definition) is 1. The van der Waals surface area contributed by atoms with Gasteiger partial charge in [0.2, 0.25) is 5.91 Å². The molecule has 1 N–H and O–H groups in total. The lowest BCUT2D eigenvalue weighted by molar-refractivity contribution is -0.120. The molecule has 0 aliphatic rings. The van der Waals surface area contributed by atoms with E-state index in [0.717, 1.165) is 17.5 Å². The number of nitrogens with zero attached hydrogens (tertiary/aromatic N) is 3. The Morgan fingerprint density at radius 1 is 1.17 bits per heavy atom. The number of halogens is 1. The fourth-order valence-corrected chi connectivity index (χ4v) is 4.05. The monoisotopic (exact) mass is 444 g/mol. The van der Waals surface area contributed by atoms with Crippen LogP contribution in [0.25, 0.3) is 11.4 Å². The van der Waals surface area contributed by atoms with Crippen LogP contribution in [0.4, 0.5) is 0 Å². The average Bonchev–Trinajstić information content (AvgIpc) is 3.15. The molecule has 8 heteroatoms. The smallest absolute Gasteiger partial charge is 0.233 e. The zero-order valence-corrected chi connectivity index (χ0v) is 18.6. The number of carbonyl (C=O) groups is 1. The molecule has 1 aromatic heterocycles. The van der Waals surface area contributed by atoms with Crippen molar-refractivity contribution in [3.8, 4) is 11.4 Å². The van der Waals surface area contributed by atoms with E-state index in [1.54, 1.807) is 7.11 Å². The number of rotatable bonds is 10. The standard InChI is InChI=1S/C22H25ClN4O2S/c1-16(21(28)24-15-17-9-4-3-5-10-17)30-22-26-25-20(27(22)13-8-14-29-2)18-11-6-7-12-19(18)23/h3-7,9-12,16H,8,13-15H2,1-2H3,(H,24,28). The van der Waals surface area contributed by atoms with Gasteiger partial charge in [0.1, 0.15) is 0 Å². The Kier molecular flexibility index (Phi) is 8.30. The van der Waals surface area contributed by atoms with Gasteiger partial charge in [0, 0.05) is 32.4 Å². The summed E-state index contributed by atoms with van der Waals surface area (Å²) in [7, 11) is 1.68. The molecule has 1 atom stereocenters. The summed E-state index contributed by atoms with van der Waals surface area (Å²) in [6.07, 6.45) is 0.800. The second kappa shape index (κ2) is 11.2. The van der Waals surface area contributed by atoms with Crippen molar-refractivity contribution in [2.45, 2.75) is 36.8 Å². The molecule has 0 bridgehead atoms. The van der Waals surface area contributed by atoms with E-state index in [0.29, 0.717) is 35.7 Å². The summed E-state index contributed by atoms with van der Waals surface area (Å²) in [5.74, 6) is 0.644. The second-order valence-corrected chi connectivity index (χ2v) is 8.46. The van der Waals surface area contributed by atoms with Gasteiger partial charge < -0.3 is 14.6 Å². The SMILES string of the molecule is COCCCn1c(SC(C)C(=O)NCc2ccccc2)nnc1-c1ccccc1Cl. The third-order valence-electron chi connectivity index (χ3n) is 4.52. The Morgan fingerprint density at radius 2 is 1.90 bits per heavy atom. The van der Waals surface area contributed by atoms with E-state index < -0.39 is 0 Å². The first-order valence-corrected chi connectivity index (χ1v) is 11.0. The highest BCUT2D eigenvalue weighted by atomic mass is 35.5. The highest BCUT2D eigenvalue weighted by Gasteiger charge is 2.21. The first-order valence-electron chi connectivity index (χ1n) is 9.75. The molecule has 0 spiro atoms. The number of thioether (sulfide) groups is 1. The Bertz CT molecular complexity index is 965. The largest absolute Gasteiger partial charge is 0.385 e. The van der Waals surface area contributed by atoms with Crippen LogP contribution in [-0.4, -0.2) is 39.6 Å². The summed E-state index contributed by atoms with van der Waals surface area (Å²) in [4.78, 5) is 12.6. The number of methoxy groups -OCH3 is 1. The fraction of sp³-hybridized carbons (Fsp3) is 0.318. The molecule has 0 radical (unpaired) electrons. The van der Waals surface area contributed by atoms with E-state index in [4.69, 9.17) is 16.3 Å². The van der Waals surface area contributed by atoms with Crippen molar-refractivity contribution in [2.75, 3.05) is 13.7 Å². The van der Waals surface area contributed by atoms with Gasteiger partial charge in [-0.25, -0.2) is 0 Å². The number of hydrogen-bond acceptors (Lipinski definition) is 5. The molecule has 3 aromatic rings. The summed E-state index contributed by atoms with van der Waals surface area (Å²) in [6, 6.07) is 17.4. The number of carbonyl (C=O) groups excluding carboxylic acids is 1. The summed E-state index contributed by atoms with van der Waals surface area (Å²) < 4.78 is 7.20. The normalized spacial score (nSPS) is 12.0. The van der Waals surface area contributed by atoms with Crippen molar-refractivity contribution in [1.82, 2.24) is 20.1 Å². The molecule has 1 amide bonds. The maximum Gasteiger partial charge on any atom is 0.233 e. The molecular weight excluding hydrogens is 420 g/mol. The number of nitrogens with one attached hydrogen (secondary N) is 1. The Morgan fingerprint density at radius 3 is 2.63 bits per heavy atom. The molecule has 0 fully saturated rings. The highest BCUT2D eigenvalue weighted by Crippen LogP contribution is 2.31. The number of benzene rings is 2. The van der Waals surface area contributed by atoms with Gasteiger partial charge in [-0.05, 0) is 31.0 Å². The topological polar surface area (TPSA) is 69.0 Å². The van der Waals surface area contributed by atoms with E-state index in [9.17, 15) is 4.79 Å². The van der Waals surface area contributed by atoms with Gasteiger partial charge >= 0.3 is 0 Å². The molecule has 1 unspecified atom stereocenters. The van der Waals surface area contributed by atoms with Crippen LogP contribution >= 0.6 is 23.4 Å². The van der Waals surface area contributed by atoms with Gasteiger partial charge in [-0.15, -0.1) is 10.2 Å². The van der Waals surface area contributed by atoms with Crippen LogP contribution in [0.3, 0.4) is 0 Å². The molecule has 0 saturated carbocycles. The van der Waals surface area contributed by atoms with E-state index in [1.807, 2.05) is 66.1 Å². The molecule has 1 heterocycles. The Hall–Kier alpha value is -2.35. The van der Waals surface area contributed by atoms with Gasteiger partial charge in [-0.3, -0.25) is 4.79 Å². The van der Waals surface area contributed by atoms with Gasteiger partial charge in [0.15, 0.2) is 11.0 Å². The van der Waals surface area contributed by atoms with Gasteiger partial charge in [0.25, 0.3) is 0 Å². The lowest BCUT2D eigenvalue weighted by Crippen LogP contribution is -2.30. The third kappa shape index (κ3) is 5.84. The quantitative estimate of drug-likeness (QED) is 0.370.